The van der Waals surface area contributed by atoms with Gasteiger partial charge in [-0.1, -0.05) is 0 Å². The second-order valence-electron chi connectivity index (χ2n) is 1.79. The van der Waals surface area contributed by atoms with Gasteiger partial charge in [0.25, 0.3) is 0 Å². The Morgan fingerprint density at radius 2 is 1.75 bits per heavy atom. The Labute approximate surface area is 60.0 Å². The highest BCUT2D eigenvalue weighted by Gasteiger charge is 2.01. The standard InChI is InChI=1S/C4H11N3.BrH/c5-7-3-1-6-2-4-7;/h6H,1-5H2;1H. The van der Waals surface area contributed by atoms with Crippen molar-refractivity contribution < 1.29 is 0 Å². The van der Waals surface area contributed by atoms with Crippen molar-refractivity contribution in [3.05, 3.63) is 0 Å². The highest BCUT2D eigenvalue weighted by molar-refractivity contribution is 8.93. The first kappa shape index (κ1) is 8.36. The predicted octanol–water partition coefficient (Wildman–Crippen LogP) is -0.657. The van der Waals surface area contributed by atoms with E-state index in [0.717, 1.165) is 26.2 Å². The zero-order valence-corrected chi connectivity index (χ0v) is 6.47. The molecule has 0 aliphatic carbocycles. The van der Waals surface area contributed by atoms with Crippen LogP contribution in [0.1, 0.15) is 0 Å². The third kappa shape index (κ3) is 2.61. The van der Waals surface area contributed by atoms with Gasteiger partial charge in [0, 0.05) is 26.2 Å². The second-order valence-corrected chi connectivity index (χ2v) is 1.79. The molecule has 0 atom stereocenters. The van der Waals surface area contributed by atoms with Gasteiger partial charge in [-0.2, -0.15) is 0 Å². The number of hydrazine groups is 1. The first-order valence-corrected chi connectivity index (χ1v) is 2.60. The zero-order valence-electron chi connectivity index (χ0n) is 4.76. The second kappa shape index (κ2) is 4.26. The molecule has 1 saturated heterocycles. The minimum absolute atomic E-state index is 0. The average molecular weight is 182 g/mol. The summed E-state index contributed by atoms with van der Waals surface area (Å²) in [6, 6.07) is 0. The fourth-order valence-electron chi connectivity index (χ4n) is 0.682. The molecule has 0 bridgehead atoms. The van der Waals surface area contributed by atoms with Gasteiger partial charge < -0.3 is 5.32 Å². The number of piperazine rings is 1. The molecule has 0 amide bonds. The monoisotopic (exact) mass is 181 g/mol. The molecule has 0 radical (unpaired) electrons. The van der Waals surface area contributed by atoms with E-state index in [1.54, 1.807) is 0 Å². The summed E-state index contributed by atoms with van der Waals surface area (Å²) in [5.41, 5.74) is 0. The van der Waals surface area contributed by atoms with E-state index >= 15 is 0 Å². The maximum Gasteiger partial charge on any atom is 0.0254 e. The number of rotatable bonds is 0. The smallest absolute Gasteiger partial charge is 0.0254 e. The van der Waals surface area contributed by atoms with Gasteiger partial charge in [0.2, 0.25) is 0 Å². The van der Waals surface area contributed by atoms with Crippen LogP contribution in [0.2, 0.25) is 0 Å². The minimum Gasteiger partial charge on any atom is -0.314 e. The predicted molar refractivity (Wildman–Crippen MR) is 39.0 cm³/mol. The van der Waals surface area contributed by atoms with E-state index in [1.165, 1.54) is 0 Å². The lowest BCUT2D eigenvalue weighted by molar-refractivity contribution is 0.248. The van der Waals surface area contributed by atoms with Gasteiger partial charge in [-0.15, -0.1) is 17.0 Å². The SMILES string of the molecule is Br.NN1CCNCC1. The van der Waals surface area contributed by atoms with E-state index in [4.69, 9.17) is 5.84 Å². The zero-order chi connectivity index (χ0) is 5.11. The number of halogens is 1. The molecule has 3 nitrogen and oxygen atoms in total. The summed E-state index contributed by atoms with van der Waals surface area (Å²) < 4.78 is 0. The van der Waals surface area contributed by atoms with Crippen LogP contribution in [0, 0.1) is 0 Å². The molecule has 1 heterocycles. The third-order valence-corrected chi connectivity index (χ3v) is 1.15. The van der Waals surface area contributed by atoms with Crippen LogP contribution in [-0.4, -0.2) is 31.2 Å². The number of nitrogens with two attached hydrogens (primary N) is 1. The van der Waals surface area contributed by atoms with Crippen molar-refractivity contribution >= 4 is 17.0 Å². The first-order chi connectivity index (χ1) is 3.39. The Kier molecular flexibility index (Phi) is 4.45. The summed E-state index contributed by atoms with van der Waals surface area (Å²) in [6.45, 7) is 4.05. The van der Waals surface area contributed by atoms with Gasteiger partial charge in [0.05, 0.1) is 0 Å². The molecule has 1 rings (SSSR count). The van der Waals surface area contributed by atoms with Crippen LogP contribution >= 0.6 is 17.0 Å². The van der Waals surface area contributed by atoms with E-state index in [0.29, 0.717) is 0 Å². The third-order valence-electron chi connectivity index (χ3n) is 1.15. The molecular weight excluding hydrogens is 170 g/mol. The number of hydrogen-bond acceptors (Lipinski definition) is 3. The van der Waals surface area contributed by atoms with E-state index in [2.05, 4.69) is 5.32 Å². The molecular formula is C4H12BrN3. The molecule has 1 aliphatic rings. The highest BCUT2D eigenvalue weighted by Crippen LogP contribution is 1.79. The van der Waals surface area contributed by atoms with Crippen molar-refractivity contribution in [1.29, 1.82) is 0 Å². The summed E-state index contributed by atoms with van der Waals surface area (Å²) in [7, 11) is 0. The lowest BCUT2D eigenvalue weighted by Crippen LogP contribution is -2.47. The van der Waals surface area contributed by atoms with Crippen LogP contribution in [0.5, 0.6) is 0 Å². The molecule has 8 heavy (non-hydrogen) atoms. The number of hydrogen-bond donors (Lipinski definition) is 2. The van der Waals surface area contributed by atoms with Gasteiger partial charge >= 0.3 is 0 Å². The van der Waals surface area contributed by atoms with Crippen molar-refractivity contribution in [2.24, 2.45) is 5.84 Å². The normalized spacial score (nSPS) is 22.1. The van der Waals surface area contributed by atoms with E-state index in [1.807, 2.05) is 5.01 Å². The maximum absolute atomic E-state index is 5.43. The summed E-state index contributed by atoms with van der Waals surface area (Å²) >= 11 is 0. The quantitative estimate of drug-likeness (QED) is 0.489. The highest BCUT2D eigenvalue weighted by atomic mass is 79.9. The molecule has 3 N–H and O–H groups in total. The van der Waals surface area contributed by atoms with Crippen molar-refractivity contribution in [2.75, 3.05) is 26.2 Å². The Balaban J connectivity index is 0.000000490. The molecule has 0 unspecified atom stereocenters. The number of nitrogens with zero attached hydrogens (tertiary/aromatic N) is 1. The first-order valence-electron chi connectivity index (χ1n) is 2.60. The van der Waals surface area contributed by atoms with Crippen LogP contribution in [0.4, 0.5) is 0 Å². The summed E-state index contributed by atoms with van der Waals surface area (Å²) in [4.78, 5) is 0. The fraction of sp³-hybridized carbons (Fsp3) is 1.00. The van der Waals surface area contributed by atoms with E-state index < -0.39 is 0 Å². The Morgan fingerprint density at radius 1 is 1.25 bits per heavy atom. The Bertz CT molecular complexity index is 53.2. The molecule has 50 valence electrons. The summed E-state index contributed by atoms with van der Waals surface area (Å²) in [6.07, 6.45) is 0. The molecule has 0 aromatic carbocycles. The van der Waals surface area contributed by atoms with Gasteiger partial charge in [0.15, 0.2) is 0 Å². The topological polar surface area (TPSA) is 41.3 Å². The maximum atomic E-state index is 5.43. The number of nitrogens with one attached hydrogen (secondary N) is 1. The van der Waals surface area contributed by atoms with E-state index in [9.17, 15) is 0 Å². The molecule has 1 fully saturated rings. The molecule has 4 heteroatoms. The van der Waals surface area contributed by atoms with Gasteiger partial charge in [-0.25, -0.2) is 5.01 Å². The van der Waals surface area contributed by atoms with Crippen molar-refractivity contribution in [3.63, 3.8) is 0 Å². The average Bonchev–Trinajstić information content (AvgIpc) is 1.69. The van der Waals surface area contributed by atoms with Crippen molar-refractivity contribution in [1.82, 2.24) is 10.3 Å². The van der Waals surface area contributed by atoms with Crippen molar-refractivity contribution in [3.8, 4) is 0 Å². The lowest BCUT2D eigenvalue weighted by Gasteiger charge is -2.21. The van der Waals surface area contributed by atoms with Crippen molar-refractivity contribution in [2.45, 2.75) is 0 Å². The van der Waals surface area contributed by atoms with Crippen LogP contribution in [0.15, 0.2) is 0 Å². The Morgan fingerprint density at radius 3 is 2.00 bits per heavy atom. The van der Waals surface area contributed by atoms with E-state index in [-0.39, 0.29) is 17.0 Å². The molecule has 1 aliphatic heterocycles. The largest absolute Gasteiger partial charge is 0.314 e. The van der Waals surface area contributed by atoms with Crippen LogP contribution in [0.25, 0.3) is 0 Å². The molecule has 0 spiro atoms. The summed E-state index contributed by atoms with van der Waals surface area (Å²) in [5.74, 6) is 5.43. The fourth-order valence-corrected chi connectivity index (χ4v) is 0.682. The molecule has 0 saturated carbocycles. The lowest BCUT2D eigenvalue weighted by atomic mass is 10.4. The Hall–Kier alpha value is 0.360. The van der Waals surface area contributed by atoms with Gasteiger partial charge in [0.1, 0.15) is 0 Å². The minimum atomic E-state index is 0. The van der Waals surface area contributed by atoms with Gasteiger partial charge in [-0.3, -0.25) is 5.84 Å². The van der Waals surface area contributed by atoms with Crippen LogP contribution in [-0.2, 0) is 0 Å². The van der Waals surface area contributed by atoms with Crippen LogP contribution < -0.4 is 11.2 Å². The van der Waals surface area contributed by atoms with Gasteiger partial charge in [-0.05, 0) is 0 Å². The van der Waals surface area contributed by atoms with Crippen LogP contribution in [0.3, 0.4) is 0 Å². The summed E-state index contributed by atoms with van der Waals surface area (Å²) in [5, 5.41) is 5.02. The molecule has 0 aromatic heterocycles. The molecule has 0 aromatic rings.